The number of rotatable bonds is 2. The van der Waals surface area contributed by atoms with Gasteiger partial charge in [-0.2, -0.15) is 5.10 Å². The maximum atomic E-state index is 13.0. The summed E-state index contributed by atoms with van der Waals surface area (Å²) in [6.07, 6.45) is 0.841. The van der Waals surface area contributed by atoms with Gasteiger partial charge in [-0.1, -0.05) is 13.8 Å². The standard InChI is InChI=1S/C15H23N3O3/c1-11(2)12-8-13(17(3)16-12)14(19)18-5-7-21-10-15(18)4-6-20-9-15/h8,11H,4-7,9-10H2,1-3H3. The topological polar surface area (TPSA) is 56.6 Å². The number of hydrogen-bond acceptors (Lipinski definition) is 4. The number of ether oxygens (including phenoxy) is 2. The van der Waals surface area contributed by atoms with E-state index in [9.17, 15) is 4.79 Å². The Bertz CT molecular complexity index is 532. The van der Waals surface area contributed by atoms with Gasteiger partial charge in [-0.15, -0.1) is 0 Å². The van der Waals surface area contributed by atoms with E-state index in [0.717, 1.165) is 12.1 Å². The lowest BCUT2D eigenvalue weighted by molar-refractivity contribution is -0.0554. The van der Waals surface area contributed by atoms with Crippen LogP contribution in [-0.2, 0) is 16.5 Å². The second kappa shape index (κ2) is 5.42. The quantitative estimate of drug-likeness (QED) is 0.821. The molecule has 0 saturated carbocycles. The van der Waals surface area contributed by atoms with Crippen molar-refractivity contribution in [2.45, 2.75) is 31.7 Å². The zero-order chi connectivity index (χ0) is 15.0. The van der Waals surface area contributed by atoms with E-state index in [-0.39, 0.29) is 11.4 Å². The molecule has 0 aromatic carbocycles. The summed E-state index contributed by atoms with van der Waals surface area (Å²) in [7, 11) is 1.83. The average molecular weight is 293 g/mol. The molecule has 0 N–H and O–H groups in total. The van der Waals surface area contributed by atoms with Crippen LogP contribution in [0.3, 0.4) is 0 Å². The predicted molar refractivity (Wildman–Crippen MR) is 77.3 cm³/mol. The lowest BCUT2D eigenvalue weighted by Gasteiger charge is -2.43. The fourth-order valence-corrected chi connectivity index (χ4v) is 3.08. The van der Waals surface area contributed by atoms with E-state index in [1.807, 2.05) is 18.0 Å². The van der Waals surface area contributed by atoms with Gasteiger partial charge in [0.2, 0.25) is 0 Å². The number of carbonyl (C=O) groups is 1. The van der Waals surface area contributed by atoms with Crippen molar-refractivity contribution >= 4 is 5.91 Å². The maximum absolute atomic E-state index is 13.0. The molecular formula is C15H23N3O3. The van der Waals surface area contributed by atoms with E-state index in [1.54, 1.807) is 4.68 Å². The van der Waals surface area contributed by atoms with Crippen molar-refractivity contribution in [1.29, 1.82) is 0 Å². The molecule has 0 aliphatic carbocycles. The van der Waals surface area contributed by atoms with Gasteiger partial charge in [0.1, 0.15) is 5.69 Å². The van der Waals surface area contributed by atoms with Gasteiger partial charge >= 0.3 is 0 Å². The van der Waals surface area contributed by atoms with E-state index < -0.39 is 0 Å². The van der Waals surface area contributed by atoms with Crippen LogP contribution < -0.4 is 0 Å². The molecule has 2 aliphatic rings. The maximum Gasteiger partial charge on any atom is 0.272 e. The summed E-state index contributed by atoms with van der Waals surface area (Å²) < 4.78 is 12.8. The van der Waals surface area contributed by atoms with Crippen LogP contribution in [0.2, 0.25) is 0 Å². The third kappa shape index (κ3) is 2.46. The van der Waals surface area contributed by atoms with E-state index in [4.69, 9.17) is 9.47 Å². The minimum atomic E-state index is -0.294. The summed E-state index contributed by atoms with van der Waals surface area (Å²) >= 11 is 0. The fraction of sp³-hybridized carbons (Fsp3) is 0.733. The van der Waals surface area contributed by atoms with E-state index >= 15 is 0 Å². The highest BCUT2D eigenvalue weighted by molar-refractivity contribution is 5.93. The highest BCUT2D eigenvalue weighted by Gasteiger charge is 2.46. The first-order valence-corrected chi connectivity index (χ1v) is 7.55. The molecule has 2 saturated heterocycles. The molecule has 1 spiro atoms. The van der Waals surface area contributed by atoms with E-state index in [0.29, 0.717) is 44.6 Å². The second-order valence-corrected chi connectivity index (χ2v) is 6.27. The molecule has 2 fully saturated rings. The first-order valence-electron chi connectivity index (χ1n) is 7.55. The summed E-state index contributed by atoms with van der Waals surface area (Å²) in [5, 5.41) is 4.45. The number of hydrogen-bond donors (Lipinski definition) is 0. The molecule has 1 amide bonds. The van der Waals surface area contributed by atoms with Crippen LogP contribution in [0, 0.1) is 0 Å². The summed E-state index contributed by atoms with van der Waals surface area (Å²) in [6.45, 7) is 7.18. The molecule has 21 heavy (non-hydrogen) atoms. The minimum absolute atomic E-state index is 0.0331. The summed E-state index contributed by atoms with van der Waals surface area (Å²) in [6, 6.07) is 1.91. The van der Waals surface area contributed by atoms with Crippen LogP contribution in [0.5, 0.6) is 0 Å². The minimum Gasteiger partial charge on any atom is -0.379 e. The lowest BCUT2D eigenvalue weighted by Crippen LogP contribution is -2.59. The average Bonchev–Trinajstić information content (AvgIpc) is 3.06. The Hall–Kier alpha value is -1.40. The van der Waals surface area contributed by atoms with Gasteiger partial charge in [0.15, 0.2) is 0 Å². The number of nitrogens with zero attached hydrogens (tertiary/aromatic N) is 3. The molecule has 1 aromatic rings. The normalized spacial score (nSPS) is 26.0. The Morgan fingerprint density at radius 3 is 2.67 bits per heavy atom. The third-order valence-corrected chi connectivity index (χ3v) is 4.44. The Morgan fingerprint density at radius 2 is 2.05 bits per heavy atom. The molecule has 0 radical (unpaired) electrons. The van der Waals surface area contributed by atoms with Crippen LogP contribution in [0.15, 0.2) is 6.07 Å². The number of aryl methyl sites for hydroxylation is 1. The van der Waals surface area contributed by atoms with Gasteiger partial charge in [0.25, 0.3) is 5.91 Å². The molecule has 6 nitrogen and oxygen atoms in total. The molecule has 0 bridgehead atoms. The van der Waals surface area contributed by atoms with Gasteiger partial charge in [-0.3, -0.25) is 9.48 Å². The van der Waals surface area contributed by atoms with Gasteiger partial charge < -0.3 is 14.4 Å². The number of morpholine rings is 1. The van der Waals surface area contributed by atoms with Crippen molar-refractivity contribution in [3.8, 4) is 0 Å². The number of amides is 1. The Balaban J connectivity index is 1.89. The van der Waals surface area contributed by atoms with E-state index in [2.05, 4.69) is 18.9 Å². The first kappa shape index (κ1) is 14.5. The lowest BCUT2D eigenvalue weighted by atomic mass is 9.95. The summed E-state index contributed by atoms with van der Waals surface area (Å²) in [4.78, 5) is 14.9. The first-order chi connectivity index (χ1) is 10.0. The van der Waals surface area contributed by atoms with Crippen LogP contribution in [0.25, 0.3) is 0 Å². The molecule has 1 atom stereocenters. The van der Waals surface area contributed by atoms with Crippen molar-refractivity contribution in [1.82, 2.24) is 14.7 Å². The SMILES string of the molecule is CC(C)c1cc(C(=O)N2CCOCC23CCOC3)n(C)n1. The molecule has 2 aliphatic heterocycles. The molecule has 3 rings (SSSR count). The summed E-state index contributed by atoms with van der Waals surface area (Å²) in [5.41, 5.74) is 1.30. The second-order valence-electron chi connectivity index (χ2n) is 6.27. The van der Waals surface area contributed by atoms with Crippen LogP contribution in [0.4, 0.5) is 0 Å². The van der Waals surface area contributed by atoms with Gasteiger partial charge in [-0.05, 0) is 18.4 Å². The van der Waals surface area contributed by atoms with Gasteiger partial charge in [0.05, 0.1) is 31.1 Å². The van der Waals surface area contributed by atoms with Crippen LogP contribution in [0.1, 0.15) is 42.4 Å². The van der Waals surface area contributed by atoms with Gasteiger partial charge in [0, 0.05) is 20.2 Å². The zero-order valence-electron chi connectivity index (χ0n) is 13.0. The Labute approximate surface area is 125 Å². The molecule has 3 heterocycles. The monoisotopic (exact) mass is 293 g/mol. The van der Waals surface area contributed by atoms with Crippen molar-refractivity contribution in [2.24, 2.45) is 7.05 Å². The van der Waals surface area contributed by atoms with Gasteiger partial charge in [-0.25, -0.2) is 0 Å². The smallest absolute Gasteiger partial charge is 0.272 e. The Kier molecular flexibility index (Phi) is 3.75. The highest BCUT2D eigenvalue weighted by atomic mass is 16.5. The van der Waals surface area contributed by atoms with Crippen molar-refractivity contribution in [3.05, 3.63) is 17.5 Å². The third-order valence-electron chi connectivity index (χ3n) is 4.44. The molecule has 1 unspecified atom stereocenters. The zero-order valence-corrected chi connectivity index (χ0v) is 13.0. The van der Waals surface area contributed by atoms with E-state index in [1.165, 1.54) is 0 Å². The molecule has 116 valence electrons. The van der Waals surface area contributed by atoms with Crippen molar-refractivity contribution in [2.75, 3.05) is 33.0 Å². The number of aromatic nitrogens is 2. The predicted octanol–water partition coefficient (Wildman–Crippen LogP) is 1.18. The van der Waals surface area contributed by atoms with Crippen molar-refractivity contribution in [3.63, 3.8) is 0 Å². The van der Waals surface area contributed by atoms with Crippen molar-refractivity contribution < 1.29 is 14.3 Å². The largest absolute Gasteiger partial charge is 0.379 e. The molecular weight excluding hydrogens is 270 g/mol. The number of carbonyl (C=O) groups excluding carboxylic acids is 1. The summed E-state index contributed by atoms with van der Waals surface area (Å²) in [5.74, 6) is 0.344. The van der Waals surface area contributed by atoms with Crippen LogP contribution in [-0.4, -0.2) is 59.1 Å². The molecule has 6 heteroatoms. The Morgan fingerprint density at radius 1 is 1.33 bits per heavy atom. The molecule has 1 aromatic heterocycles. The van der Waals surface area contributed by atoms with Crippen LogP contribution >= 0.6 is 0 Å². The highest BCUT2D eigenvalue weighted by Crippen LogP contribution is 2.31. The fourth-order valence-electron chi connectivity index (χ4n) is 3.08.